The molecule has 4 heteroatoms. The number of hydrogen-bond donors (Lipinski definition) is 2. The van der Waals surface area contributed by atoms with Crippen LogP contribution < -0.4 is 5.73 Å². The van der Waals surface area contributed by atoms with Crippen molar-refractivity contribution in [2.24, 2.45) is 11.1 Å². The van der Waals surface area contributed by atoms with Crippen molar-refractivity contribution in [2.45, 2.75) is 23.8 Å². The smallest absolute Gasteiger partial charge is 0.0594 e. The van der Waals surface area contributed by atoms with Crippen molar-refractivity contribution in [3.05, 3.63) is 29.3 Å². The van der Waals surface area contributed by atoms with Gasteiger partial charge in [-0.3, -0.25) is 0 Å². The zero-order valence-corrected chi connectivity index (χ0v) is 11.2. The lowest BCUT2D eigenvalue weighted by Crippen LogP contribution is -2.52. The summed E-state index contributed by atoms with van der Waals surface area (Å²) in [5, 5.41) is 9.54. The number of aliphatic hydroxyl groups excluding tert-OH is 1. The molecule has 1 unspecified atom stereocenters. The van der Waals surface area contributed by atoms with Gasteiger partial charge in [-0.2, -0.15) is 0 Å². The summed E-state index contributed by atoms with van der Waals surface area (Å²) in [6.45, 7) is 1.23. The van der Waals surface area contributed by atoms with Crippen molar-refractivity contribution in [1.82, 2.24) is 0 Å². The summed E-state index contributed by atoms with van der Waals surface area (Å²) in [6.07, 6.45) is 2.39. The van der Waals surface area contributed by atoms with Gasteiger partial charge in [-0.1, -0.05) is 12.1 Å². The second-order valence-corrected chi connectivity index (χ2v) is 6.45. The zero-order chi connectivity index (χ0) is 12.6. The van der Waals surface area contributed by atoms with Crippen LogP contribution in [0.2, 0.25) is 0 Å². The molecule has 2 aliphatic heterocycles. The Morgan fingerprint density at radius 3 is 2.94 bits per heavy atom. The molecule has 1 saturated heterocycles. The lowest BCUT2D eigenvalue weighted by Gasteiger charge is -2.44. The van der Waals surface area contributed by atoms with Gasteiger partial charge in [0.25, 0.3) is 0 Å². The topological polar surface area (TPSA) is 55.5 Å². The first-order valence-electron chi connectivity index (χ1n) is 6.45. The normalized spacial score (nSPS) is 23.0. The number of ether oxygens (including phenoxy) is 1. The van der Waals surface area contributed by atoms with Crippen LogP contribution in [0.3, 0.4) is 0 Å². The van der Waals surface area contributed by atoms with Gasteiger partial charge in [0.2, 0.25) is 0 Å². The molecule has 1 aromatic carbocycles. The number of nitrogens with two attached hydrogens (primary N) is 1. The Kier molecular flexibility index (Phi) is 3.36. The van der Waals surface area contributed by atoms with E-state index in [-0.39, 0.29) is 18.1 Å². The van der Waals surface area contributed by atoms with Crippen LogP contribution in [-0.4, -0.2) is 30.7 Å². The first-order valence-corrected chi connectivity index (χ1v) is 7.43. The van der Waals surface area contributed by atoms with Crippen LogP contribution in [0.1, 0.15) is 23.6 Å². The third kappa shape index (κ3) is 1.97. The molecule has 2 heterocycles. The zero-order valence-electron chi connectivity index (χ0n) is 10.4. The number of hydrogen-bond acceptors (Lipinski definition) is 4. The van der Waals surface area contributed by atoms with Gasteiger partial charge >= 0.3 is 0 Å². The van der Waals surface area contributed by atoms with E-state index in [0.29, 0.717) is 13.2 Å². The Balaban J connectivity index is 1.87. The Morgan fingerprint density at radius 1 is 1.44 bits per heavy atom. The fraction of sp³-hybridized carbons (Fsp3) is 0.571. The molecule has 3 nitrogen and oxygen atoms in total. The van der Waals surface area contributed by atoms with Gasteiger partial charge in [0.1, 0.15) is 0 Å². The minimum atomic E-state index is -0.268. The third-order valence-electron chi connectivity index (χ3n) is 4.05. The fourth-order valence-corrected chi connectivity index (χ4v) is 3.68. The molecule has 0 spiro atoms. The van der Waals surface area contributed by atoms with Crippen molar-refractivity contribution in [3.63, 3.8) is 0 Å². The van der Waals surface area contributed by atoms with Crippen molar-refractivity contribution in [2.75, 3.05) is 25.6 Å². The molecule has 0 bridgehead atoms. The first-order chi connectivity index (χ1) is 8.75. The second-order valence-electron chi connectivity index (χ2n) is 5.31. The molecule has 2 aliphatic rings. The Morgan fingerprint density at radius 2 is 2.28 bits per heavy atom. The van der Waals surface area contributed by atoms with E-state index in [1.807, 2.05) is 11.8 Å². The van der Waals surface area contributed by atoms with E-state index in [0.717, 1.165) is 12.0 Å². The maximum atomic E-state index is 9.54. The summed E-state index contributed by atoms with van der Waals surface area (Å²) in [5.41, 5.74) is 8.61. The SMILES string of the molecule is NC(c1ccc2c(c1)CCCS2)C1(CO)COC1. The van der Waals surface area contributed by atoms with Crippen LogP contribution in [0.4, 0.5) is 0 Å². The number of benzene rings is 1. The highest BCUT2D eigenvalue weighted by Crippen LogP contribution is 2.40. The van der Waals surface area contributed by atoms with E-state index < -0.39 is 0 Å². The lowest BCUT2D eigenvalue weighted by atomic mass is 9.76. The average molecular weight is 265 g/mol. The monoisotopic (exact) mass is 265 g/mol. The van der Waals surface area contributed by atoms with E-state index >= 15 is 0 Å². The molecule has 1 aromatic rings. The maximum Gasteiger partial charge on any atom is 0.0594 e. The molecule has 1 fully saturated rings. The number of rotatable bonds is 3. The molecule has 0 amide bonds. The van der Waals surface area contributed by atoms with E-state index in [4.69, 9.17) is 10.5 Å². The van der Waals surface area contributed by atoms with E-state index in [1.54, 1.807) is 0 Å². The molecule has 3 N–H and O–H groups in total. The average Bonchev–Trinajstić information content (AvgIpc) is 2.37. The van der Waals surface area contributed by atoms with Crippen molar-refractivity contribution >= 4 is 11.8 Å². The molecule has 0 aliphatic carbocycles. The summed E-state index contributed by atoms with van der Waals surface area (Å²) in [4.78, 5) is 1.39. The van der Waals surface area contributed by atoms with Crippen molar-refractivity contribution < 1.29 is 9.84 Å². The van der Waals surface area contributed by atoms with Crippen LogP contribution in [-0.2, 0) is 11.2 Å². The summed E-state index contributed by atoms with van der Waals surface area (Å²) in [7, 11) is 0. The second kappa shape index (κ2) is 4.85. The van der Waals surface area contributed by atoms with Gasteiger partial charge in [-0.05, 0) is 35.8 Å². The highest BCUT2D eigenvalue weighted by molar-refractivity contribution is 7.99. The quantitative estimate of drug-likeness (QED) is 0.874. The summed E-state index contributed by atoms with van der Waals surface area (Å²) in [6, 6.07) is 6.38. The highest BCUT2D eigenvalue weighted by atomic mass is 32.2. The lowest BCUT2D eigenvalue weighted by molar-refractivity contribution is -0.150. The molecular weight excluding hydrogens is 246 g/mol. The van der Waals surface area contributed by atoms with E-state index in [2.05, 4.69) is 18.2 Å². The number of thioether (sulfide) groups is 1. The van der Waals surface area contributed by atoms with Crippen molar-refractivity contribution in [3.8, 4) is 0 Å². The summed E-state index contributed by atoms with van der Waals surface area (Å²) in [5.74, 6) is 1.22. The molecular formula is C14H19NO2S. The van der Waals surface area contributed by atoms with Crippen LogP contribution in [0.25, 0.3) is 0 Å². The molecule has 98 valence electrons. The van der Waals surface area contributed by atoms with Crippen LogP contribution in [0.5, 0.6) is 0 Å². The summed E-state index contributed by atoms with van der Waals surface area (Å²) < 4.78 is 5.24. The Hall–Kier alpha value is -0.550. The van der Waals surface area contributed by atoms with Gasteiger partial charge in [-0.25, -0.2) is 0 Å². The highest BCUT2D eigenvalue weighted by Gasteiger charge is 2.44. The number of aryl methyl sites for hydroxylation is 1. The molecule has 1 atom stereocenters. The Labute approximate surface area is 112 Å². The van der Waals surface area contributed by atoms with E-state index in [9.17, 15) is 5.11 Å². The number of fused-ring (bicyclic) bond motifs is 1. The van der Waals surface area contributed by atoms with Crippen LogP contribution in [0, 0.1) is 5.41 Å². The van der Waals surface area contributed by atoms with Gasteiger partial charge in [0.05, 0.1) is 25.2 Å². The van der Waals surface area contributed by atoms with Gasteiger partial charge in [0.15, 0.2) is 0 Å². The van der Waals surface area contributed by atoms with Gasteiger partial charge in [0, 0.05) is 10.9 Å². The molecule has 18 heavy (non-hydrogen) atoms. The number of aliphatic hydroxyl groups is 1. The standard InChI is InChI=1S/C14H19NO2S/c15-13(14(7-16)8-17-9-14)11-3-4-12-10(6-11)2-1-5-18-12/h3-4,6,13,16H,1-2,5,7-9,15H2. The predicted octanol–water partition coefficient (Wildman–Crippen LogP) is 1.73. The van der Waals surface area contributed by atoms with Gasteiger partial charge < -0.3 is 15.6 Å². The summed E-state index contributed by atoms with van der Waals surface area (Å²) >= 11 is 1.93. The maximum absolute atomic E-state index is 9.54. The molecule has 0 aromatic heterocycles. The predicted molar refractivity (Wildman–Crippen MR) is 72.8 cm³/mol. The first kappa shape index (κ1) is 12.5. The van der Waals surface area contributed by atoms with Crippen LogP contribution in [0.15, 0.2) is 23.1 Å². The minimum absolute atomic E-state index is 0.0972. The van der Waals surface area contributed by atoms with Crippen molar-refractivity contribution in [1.29, 1.82) is 0 Å². The third-order valence-corrected chi connectivity index (χ3v) is 5.25. The van der Waals surface area contributed by atoms with Crippen LogP contribution >= 0.6 is 11.8 Å². The van der Waals surface area contributed by atoms with Gasteiger partial charge in [-0.15, -0.1) is 11.8 Å². The largest absolute Gasteiger partial charge is 0.396 e. The Bertz CT molecular complexity index is 440. The molecule has 0 radical (unpaired) electrons. The minimum Gasteiger partial charge on any atom is -0.396 e. The van der Waals surface area contributed by atoms with E-state index in [1.165, 1.54) is 22.6 Å². The fourth-order valence-electron chi connectivity index (χ4n) is 2.66. The molecule has 0 saturated carbocycles. The molecule has 3 rings (SSSR count).